The molecule has 5 nitrogen and oxygen atoms in total. The Labute approximate surface area is 132 Å². The number of alkyl halides is 3. The van der Waals surface area contributed by atoms with Gasteiger partial charge in [-0.1, -0.05) is 19.9 Å². The number of rotatable bonds is 4. The van der Waals surface area contributed by atoms with Crippen LogP contribution in [0.1, 0.15) is 20.3 Å². The molecular formula is C15H20F3N3O2. The van der Waals surface area contributed by atoms with E-state index in [4.69, 9.17) is 10.5 Å². The van der Waals surface area contributed by atoms with Crippen molar-refractivity contribution >= 4 is 11.6 Å². The average Bonchev–Trinajstić information content (AvgIpc) is 2.41. The molecule has 2 atom stereocenters. The molecule has 0 aromatic heterocycles. The van der Waals surface area contributed by atoms with Crippen LogP contribution < -0.4 is 15.8 Å². The summed E-state index contributed by atoms with van der Waals surface area (Å²) < 4.78 is 45.8. The number of halogens is 3. The van der Waals surface area contributed by atoms with Crippen molar-refractivity contribution in [2.24, 2.45) is 16.1 Å². The first-order valence-corrected chi connectivity index (χ1v) is 7.10. The van der Waals surface area contributed by atoms with Gasteiger partial charge < -0.3 is 20.5 Å². The number of ether oxygens (including phenoxy) is 2. The van der Waals surface area contributed by atoms with E-state index in [1.54, 1.807) is 13.2 Å². The Balaban J connectivity index is 2.02. The third kappa shape index (κ3) is 4.28. The Kier molecular flexibility index (Phi) is 4.74. The molecule has 0 spiro atoms. The number of guanidine groups is 1. The van der Waals surface area contributed by atoms with E-state index in [1.165, 1.54) is 18.2 Å². The van der Waals surface area contributed by atoms with E-state index < -0.39 is 6.36 Å². The molecule has 1 aromatic rings. The smallest absolute Gasteiger partial charge is 0.406 e. The normalized spacial score (nSPS) is 24.0. The summed E-state index contributed by atoms with van der Waals surface area (Å²) in [6, 6.07) is 5.43. The van der Waals surface area contributed by atoms with Gasteiger partial charge in [-0.3, -0.25) is 0 Å². The van der Waals surface area contributed by atoms with Gasteiger partial charge in [0.25, 0.3) is 0 Å². The lowest BCUT2D eigenvalue weighted by molar-refractivity contribution is -0.274. The van der Waals surface area contributed by atoms with E-state index in [2.05, 4.69) is 15.0 Å². The molecule has 2 rings (SSSR count). The zero-order chi connectivity index (χ0) is 17.3. The highest BCUT2D eigenvalue weighted by molar-refractivity contribution is 5.92. The molecule has 1 aromatic carbocycles. The van der Waals surface area contributed by atoms with Gasteiger partial charge in [-0.25, -0.2) is 4.99 Å². The van der Waals surface area contributed by atoms with Crippen molar-refractivity contribution < 1.29 is 22.6 Å². The Morgan fingerprint density at radius 3 is 2.65 bits per heavy atom. The van der Waals surface area contributed by atoms with Crippen molar-refractivity contribution in [2.75, 3.05) is 12.4 Å². The van der Waals surface area contributed by atoms with E-state index in [0.29, 0.717) is 5.69 Å². The minimum absolute atomic E-state index is 0.00504. The average molecular weight is 331 g/mol. The Morgan fingerprint density at radius 1 is 1.39 bits per heavy atom. The predicted octanol–water partition coefficient (Wildman–Crippen LogP) is 3.13. The van der Waals surface area contributed by atoms with Gasteiger partial charge in [0, 0.05) is 24.3 Å². The molecule has 3 N–H and O–H groups in total. The number of nitrogens with one attached hydrogen (secondary N) is 1. The second-order valence-corrected chi connectivity index (χ2v) is 6.01. The first kappa shape index (κ1) is 17.4. The van der Waals surface area contributed by atoms with E-state index >= 15 is 0 Å². The van der Waals surface area contributed by atoms with Crippen LogP contribution in [0.5, 0.6) is 5.75 Å². The second kappa shape index (κ2) is 6.27. The lowest BCUT2D eigenvalue weighted by atomic mass is 9.65. The lowest BCUT2D eigenvalue weighted by Gasteiger charge is -2.48. The van der Waals surface area contributed by atoms with Gasteiger partial charge in [0.15, 0.2) is 5.96 Å². The summed E-state index contributed by atoms with van der Waals surface area (Å²) in [6.07, 6.45) is -3.86. The molecule has 2 unspecified atom stereocenters. The number of hydrogen-bond donors (Lipinski definition) is 2. The highest BCUT2D eigenvalue weighted by Crippen LogP contribution is 2.44. The highest BCUT2D eigenvalue weighted by atomic mass is 19.4. The Hall–Kier alpha value is -1.96. The molecule has 0 heterocycles. The van der Waals surface area contributed by atoms with Crippen molar-refractivity contribution in [1.82, 2.24) is 0 Å². The molecule has 8 heteroatoms. The van der Waals surface area contributed by atoms with Gasteiger partial charge in [-0.2, -0.15) is 0 Å². The highest BCUT2D eigenvalue weighted by Gasteiger charge is 2.48. The monoisotopic (exact) mass is 331 g/mol. The molecule has 128 valence electrons. The minimum atomic E-state index is -4.73. The van der Waals surface area contributed by atoms with Crippen LogP contribution in [-0.4, -0.2) is 31.6 Å². The van der Waals surface area contributed by atoms with Crippen LogP contribution in [0.3, 0.4) is 0 Å². The van der Waals surface area contributed by atoms with Crippen LogP contribution in [0.4, 0.5) is 18.9 Å². The summed E-state index contributed by atoms with van der Waals surface area (Å²) in [5.74, 6) is -0.180. The van der Waals surface area contributed by atoms with Crippen molar-refractivity contribution in [3.63, 3.8) is 0 Å². The summed E-state index contributed by atoms with van der Waals surface area (Å²) in [5, 5.41) is 2.78. The third-order valence-electron chi connectivity index (χ3n) is 4.05. The molecule has 1 aliphatic rings. The molecule has 1 fully saturated rings. The summed E-state index contributed by atoms with van der Waals surface area (Å²) in [4.78, 5) is 4.37. The van der Waals surface area contributed by atoms with E-state index in [0.717, 1.165) is 6.42 Å². The van der Waals surface area contributed by atoms with Crippen LogP contribution in [0.2, 0.25) is 0 Å². The fourth-order valence-electron chi connectivity index (χ4n) is 2.60. The third-order valence-corrected chi connectivity index (χ3v) is 4.05. The SMILES string of the molecule is COC1CC(N=C(N)Nc2cccc(OC(F)(F)F)c2)C1(C)C. The zero-order valence-corrected chi connectivity index (χ0v) is 13.1. The first-order valence-electron chi connectivity index (χ1n) is 7.10. The van der Waals surface area contributed by atoms with Crippen molar-refractivity contribution in [1.29, 1.82) is 0 Å². The van der Waals surface area contributed by atoms with Gasteiger partial charge in [-0.15, -0.1) is 13.2 Å². The van der Waals surface area contributed by atoms with Crippen molar-refractivity contribution in [3.8, 4) is 5.75 Å². The molecule has 1 aliphatic carbocycles. The van der Waals surface area contributed by atoms with Crippen molar-refractivity contribution in [3.05, 3.63) is 24.3 Å². The zero-order valence-electron chi connectivity index (χ0n) is 13.1. The van der Waals surface area contributed by atoms with Crippen LogP contribution in [0.15, 0.2) is 29.3 Å². The quantitative estimate of drug-likeness (QED) is 0.657. The summed E-state index contributed by atoms with van der Waals surface area (Å²) in [7, 11) is 1.65. The maximum absolute atomic E-state index is 12.2. The Bertz CT molecular complexity index is 588. The molecule has 1 saturated carbocycles. The van der Waals surface area contributed by atoms with Crippen LogP contribution in [0, 0.1) is 5.41 Å². The molecule has 0 bridgehead atoms. The fraction of sp³-hybridized carbons (Fsp3) is 0.533. The summed E-state index contributed by atoms with van der Waals surface area (Å²) >= 11 is 0. The second-order valence-electron chi connectivity index (χ2n) is 6.01. The van der Waals surface area contributed by atoms with Crippen molar-refractivity contribution in [2.45, 2.75) is 38.8 Å². The van der Waals surface area contributed by atoms with Gasteiger partial charge in [0.2, 0.25) is 0 Å². The van der Waals surface area contributed by atoms with Gasteiger partial charge in [0.1, 0.15) is 5.75 Å². The first-order chi connectivity index (χ1) is 10.6. The van der Waals surface area contributed by atoms with Crippen LogP contribution in [0.25, 0.3) is 0 Å². The molecule has 23 heavy (non-hydrogen) atoms. The molecule has 0 radical (unpaired) electrons. The predicted molar refractivity (Wildman–Crippen MR) is 81.4 cm³/mol. The molecular weight excluding hydrogens is 311 g/mol. The Morgan fingerprint density at radius 2 is 2.09 bits per heavy atom. The van der Waals surface area contributed by atoms with Gasteiger partial charge in [0.05, 0.1) is 12.1 Å². The van der Waals surface area contributed by atoms with E-state index in [-0.39, 0.29) is 29.3 Å². The number of methoxy groups -OCH3 is 1. The molecule has 0 aliphatic heterocycles. The van der Waals surface area contributed by atoms with Gasteiger partial charge in [-0.05, 0) is 18.6 Å². The minimum Gasteiger partial charge on any atom is -0.406 e. The fourth-order valence-corrected chi connectivity index (χ4v) is 2.60. The number of aliphatic imine (C=N–C) groups is 1. The van der Waals surface area contributed by atoms with E-state index in [9.17, 15) is 13.2 Å². The van der Waals surface area contributed by atoms with Crippen LogP contribution in [-0.2, 0) is 4.74 Å². The largest absolute Gasteiger partial charge is 0.573 e. The number of anilines is 1. The number of benzene rings is 1. The van der Waals surface area contributed by atoms with Crippen LogP contribution >= 0.6 is 0 Å². The standard InChI is InChI=1S/C15H20F3N3O2/c1-14(2)11(8-12(14)22-3)21-13(19)20-9-5-4-6-10(7-9)23-15(16,17)18/h4-7,11-12H,8H2,1-3H3,(H3,19,20,21). The topological polar surface area (TPSA) is 68.9 Å². The van der Waals surface area contributed by atoms with Gasteiger partial charge >= 0.3 is 6.36 Å². The summed E-state index contributed by atoms with van der Waals surface area (Å²) in [6.45, 7) is 4.06. The summed E-state index contributed by atoms with van der Waals surface area (Å²) in [5.41, 5.74) is 6.07. The number of hydrogen-bond acceptors (Lipinski definition) is 3. The van der Waals surface area contributed by atoms with E-state index in [1.807, 2.05) is 13.8 Å². The number of nitrogens with zero attached hydrogens (tertiary/aromatic N) is 1. The molecule has 0 amide bonds. The number of nitrogens with two attached hydrogens (primary N) is 1. The lowest BCUT2D eigenvalue weighted by Crippen LogP contribution is -2.54. The maximum atomic E-state index is 12.2. The maximum Gasteiger partial charge on any atom is 0.573 e. The molecule has 0 saturated heterocycles.